The lowest BCUT2D eigenvalue weighted by atomic mass is 9.66. The van der Waals surface area contributed by atoms with Gasteiger partial charge in [-0.05, 0) is 42.7 Å². The van der Waals surface area contributed by atoms with E-state index in [2.05, 4.69) is 31.0 Å². The monoisotopic (exact) mass is 473 g/mol. The van der Waals surface area contributed by atoms with Crippen LogP contribution in [0.15, 0.2) is 42.6 Å². The van der Waals surface area contributed by atoms with E-state index in [-0.39, 0.29) is 48.4 Å². The van der Waals surface area contributed by atoms with Crippen molar-refractivity contribution >= 4 is 5.97 Å². The highest BCUT2D eigenvalue weighted by molar-refractivity contribution is 5.81. The number of benzene rings is 1. The number of aromatic nitrogens is 1. The van der Waals surface area contributed by atoms with Crippen molar-refractivity contribution in [1.82, 2.24) is 4.98 Å². The lowest BCUT2D eigenvalue weighted by Gasteiger charge is -2.43. The van der Waals surface area contributed by atoms with E-state index < -0.39 is 17.5 Å². The Hall–Kier alpha value is -2.35. The van der Waals surface area contributed by atoms with Crippen LogP contribution in [0.25, 0.3) is 0 Å². The minimum absolute atomic E-state index is 0.0191. The van der Waals surface area contributed by atoms with Crippen molar-refractivity contribution in [2.75, 3.05) is 13.9 Å². The van der Waals surface area contributed by atoms with Crippen molar-refractivity contribution in [3.63, 3.8) is 0 Å². The maximum atomic E-state index is 14.6. The second-order valence-electron chi connectivity index (χ2n) is 9.52. The summed E-state index contributed by atoms with van der Waals surface area (Å²) in [5, 5.41) is 11.5. The predicted octanol–water partition coefficient (Wildman–Crippen LogP) is 5.02. The van der Waals surface area contributed by atoms with Gasteiger partial charge >= 0.3 is 5.97 Å². The lowest BCUT2D eigenvalue weighted by molar-refractivity contribution is -0.179. The standard InChI is InChI=1S/C27H36FNO5/c1-5-27(31,21-15-16-29-24(28)20(21)17-33-18-32-4)25(30)34-23-14-10-9-13-22(23)26(2,3)19-11-7-6-8-12-19/h6-8,11-12,15-16,22-23,31H,5,9-10,13-14,17-18H2,1-4H3/t22-,23-,27+/m1/s1. The minimum atomic E-state index is -2.02. The maximum absolute atomic E-state index is 14.6. The zero-order chi connectivity index (χ0) is 24.8. The molecule has 6 nitrogen and oxygen atoms in total. The number of carbonyl (C=O) groups is 1. The van der Waals surface area contributed by atoms with Gasteiger partial charge in [-0.25, -0.2) is 9.78 Å². The number of esters is 1. The number of hydrogen-bond acceptors (Lipinski definition) is 6. The molecule has 1 saturated carbocycles. The van der Waals surface area contributed by atoms with Crippen LogP contribution in [-0.2, 0) is 36.6 Å². The molecule has 0 bridgehead atoms. The van der Waals surface area contributed by atoms with Crippen molar-refractivity contribution in [2.24, 2.45) is 5.92 Å². The van der Waals surface area contributed by atoms with E-state index >= 15 is 0 Å². The Morgan fingerprint density at radius 1 is 1.18 bits per heavy atom. The fourth-order valence-corrected chi connectivity index (χ4v) is 5.04. The number of nitrogens with zero attached hydrogens (tertiary/aromatic N) is 1. The normalized spacial score (nSPS) is 20.5. The molecule has 0 radical (unpaired) electrons. The van der Waals surface area contributed by atoms with Crippen LogP contribution in [-0.4, -0.2) is 36.1 Å². The average molecular weight is 474 g/mol. The highest BCUT2D eigenvalue weighted by atomic mass is 19.1. The zero-order valence-corrected chi connectivity index (χ0v) is 20.6. The Morgan fingerprint density at radius 2 is 1.88 bits per heavy atom. The minimum Gasteiger partial charge on any atom is -0.460 e. The first-order valence-corrected chi connectivity index (χ1v) is 11.9. The van der Waals surface area contributed by atoms with Crippen LogP contribution in [0.2, 0.25) is 0 Å². The zero-order valence-electron chi connectivity index (χ0n) is 20.6. The molecule has 1 aliphatic rings. The molecule has 3 atom stereocenters. The van der Waals surface area contributed by atoms with Crippen molar-refractivity contribution in [1.29, 1.82) is 0 Å². The molecular weight excluding hydrogens is 437 g/mol. The van der Waals surface area contributed by atoms with Gasteiger partial charge in [-0.15, -0.1) is 0 Å². The summed E-state index contributed by atoms with van der Waals surface area (Å²) in [5.41, 5.74) is -0.931. The molecule has 0 unspecified atom stereocenters. The molecule has 0 aliphatic heterocycles. The van der Waals surface area contributed by atoms with Crippen LogP contribution in [0.5, 0.6) is 0 Å². The van der Waals surface area contributed by atoms with Gasteiger partial charge in [0.1, 0.15) is 12.9 Å². The molecule has 1 aromatic heterocycles. The topological polar surface area (TPSA) is 77.9 Å². The summed E-state index contributed by atoms with van der Waals surface area (Å²) >= 11 is 0. The Labute approximate surface area is 201 Å². The van der Waals surface area contributed by atoms with Crippen LogP contribution in [0.4, 0.5) is 4.39 Å². The lowest BCUT2D eigenvalue weighted by Crippen LogP contribution is -2.46. The quantitative estimate of drug-likeness (QED) is 0.226. The Bertz CT molecular complexity index is 951. The van der Waals surface area contributed by atoms with Crippen LogP contribution in [0.1, 0.15) is 69.6 Å². The molecule has 34 heavy (non-hydrogen) atoms. The summed E-state index contributed by atoms with van der Waals surface area (Å²) in [7, 11) is 1.46. The first-order chi connectivity index (χ1) is 16.3. The molecule has 3 rings (SSSR count). The number of rotatable bonds is 10. The predicted molar refractivity (Wildman–Crippen MR) is 126 cm³/mol. The van der Waals surface area contributed by atoms with Crippen LogP contribution in [0, 0.1) is 11.9 Å². The maximum Gasteiger partial charge on any atom is 0.343 e. The first-order valence-electron chi connectivity index (χ1n) is 11.9. The molecular formula is C27H36FNO5. The van der Waals surface area contributed by atoms with Gasteiger partial charge in [0.25, 0.3) is 0 Å². The summed E-state index contributed by atoms with van der Waals surface area (Å²) in [6.45, 7) is 5.78. The van der Waals surface area contributed by atoms with Crippen LogP contribution >= 0.6 is 0 Å². The number of methoxy groups -OCH3 is 1. The Kier molecular flexibility index (Phi) is 8.79. The molecule has 186 valence electrons. The largest absolute Gasteiger partial charge is 0.460 e. The molecule has 1 N–H and O–H groups in total. The van der Waals surface area contributed by atoms with Gasteiger partial charge in [0.2, 0.25) is 5.95 Å². The van der Waals surface area contributed by atoms with Crippen LogP contribution < -0.4 is 0 Å². The molecule has 7 heteroatoms. The van der Waals surface area contributed by atoms with E-state index in [0.29, 0.717) is 0 Å². The van der Waals surface area contributed by atoms with Gasteiger partial charge < -0.3 is 19.3 Å². The van der Waals surface area contributed by atoms with Crippen molar-refractivity contribution in [3.05, 3.63) is 65.2 Å². The summed E-state index contributed by atoms with van der Waals surface area (Å²) in [4.78, 5) is 17.2. The SMILES string of the molecule is CC[C@@](O)(C(=O)O[C@@H]1CCCC[C@H]1C(C)(C)c1ccccc1)c1ccnc(F)c1COCOC. The van der Waals surface area contributed by atoms with Gasteiger partial charge in [-0.2, -0.15) is 4.39 Å². The van der Waals surface area contributed by atoms with Crippen molar-refractivity contribution in [3.8, 4) is 0 Å². The molecule has 1 aromatic carbocycles. The third-order valence-corrected chi connectivity index (χ3v) is 7.15. The van der Waals surface area contributed by atoms with E-state index in [1.807, 2.05) is 18.2 Å². The molecule has 0 saturated heterocycles. The number of halogens is 1. The molecule has 1 fully saturated rings. The highest BCUT2D eigenvalue weighted by Gasteiger charge is 2.45. The van der Waals surface area contributed by atoms with Crippen LogP contribution in [0.3, 0.4) is 0 Å². The van der Waals surface area contributed by atoms with Gasteiger partial charge in [-0.3, -0.25) is 0 Å². The summed E-state index contributed by atoms with van der Waals surface area (Å²) in [6, 6.07) is 11.7. The molecule has 1 aliphatic carbocycles. The van der Waals surface area contributed by atoms with E-state index in [9.17, 15) is 14.3 Å². The Balaban J connectivity index is 1.88. The number of carbonyl (C=O) groups excluding carboxylic acids is 1. The molecule has 2 aromatic rings. The smallest absolute Gasteiger partial charge is 0.343 e. The summed E-state index contributed by atoms with van der Waals surface area (Å²) < 4.78 is 30.8. The number of aliphatic hydroxyl groups is 1. The third kappa shape index (κ3) is 5.48. The fourth-order valence-electron chi connectivity index (χ4n) is 5.04. The van der Waals surface area contributed by atoms with Crippen molar-refractivity contribution < 1.29 is 28.5 Å². The molecule has 0 amide bonds. The molecule has 0 spiro atoms. The summed E-state index contributed by atoms with van der Waals surface area (Å²) in [5.74, 6) is -1.48. The second kappa shape index (κ2) is 11.4. The second-order valence-corrected chi connectivity index (χ2v) is 9.52. The van der Waals surface area contributed by atoms with Gasteiger partial charge in [-0.1, -0.05) is 57.5 Å². The average Bonchev–Trinajstić information content (AvgIpc) is 2.85. The Morgan fingerprint density at radius 3 is 2.56 bits per heavy atom. The van der Waals surface area contributed by atoms with E-state index in [0.717, 1.165) is 25.7 Å². The third-order valence-electron chi connectivity index (χ3n) is 7.15. The number of hydrogen-bond donors (Lipinski definition) is 1. The van der Waals surface area contributed by atoms with Gasteiger partial charge in [0.05, 0.1) is 6.61 Å². The van der Waals surface area contributed by atoms with Crippen molar-refractivity contribution in [2.45, 2.75) is 76.6 Å². The first kappa shape index (κ1) is 26.3. The van der Waals surface area contributed by atoms with Gasteiger partial charge in [0.15, 0.2) is 5.60 Å². The summed E-state index contributed by atoms with van der Waals surface area (Å²) in [6.07, 6.45) is 4.56. The van der Waals surface area contributed by atoms with E-state index in [1.165, 1.54) is 24.9 Å². The fraction of sp³-hybridized carbons (Fsp3) is 0.556. The number of ether oxygens (including phenoxy) is 3. The molecule has 1 heterocycles. The van der Waals surface area contributed by atoms with Gasteiger partial charge in [0, 0.05) is 30.4 Å². The number of pyridine rings is 1. The van der Waals surface area contributed by atoms with E-state index in [1.54, 1.807) is 6.92 Å². The van der Waals surface area contributed by atoms with E-state index in [4.69, 9.17) is 14.2 Å². The highest BCUT2D eigenvalue weighted by Crippen LogP contribution is 2.43.